The van der Waals surface area contributed by atoms with Crippen LogP contribution in [0.5, 0.6) is 0 Å². The number of hydrogen-bond acceptors (Lipinski definition) is 1. The summed E-state index contributed by atoms with van der Waals surface area (Å²) in [6.07, 6.45) is 3.14. The Labute approximate surface area is 116 Å². The molecule has 1 fully saturated rings. The molecule has 18 heavy (non-hydrogen) atoms. The van der Waals surface area contributed by atoms with E-state index in [1.807, 2.05) is 6.07 Å². The first-order valence-electron chi connectivity index (χ1n) is 6.37. The van der Waals surface area contributed by atoms with Gasteiger partial charge in [0.15, 0.2) is 0 Å². The predicted molar refractivity (Wildman–Crippen MR) is 74.9 cm³/mol. The Morgan fingerprint density at radius 2 is 2.22 bits per heavy atom. The molecule has 1 aromatic rings. The highest BCUT2D eigenvalue weighted by atomic mass is 79.9. The van der Waals surface area contributed by atoms with Gasteiger partial charge < -0.3 is 10.4 Å². The van der Waals surface area contributed by atoms with Crippen LogP contribution in [0.2, 0.25) is 0 Å². The number of amides is 1. The third-order valence-electron chi connectivity index (χ3n) is 3.49. The standard InChI is InChI=1S/C14H18BrNO2/c1-2-9-7-12(15)6-5-11(9)8-13(10-3-4-10)16-14(17)18/h5-7,10,13,16H,2-4,8H2,1H3,(H,17,18). The summed E-state index contributed by atoms with van der Waals surface area (Å²) >= 11 is 3.48. The first-order chi connectivity index (χ1) is 8.60. The molecule has 0 saturated heterocycles. The number of nitrogens with one attached hydrogen (secondary N) is 1. The van der Waals surface area contributed by atoms with E-state index in [4.69, 9.17) is 5.11 Å². The van der Waals surface area contributed by atoms with E-state index < -0.39 is 6.09 Å². The fourth-order valence-corrected chi connectivity index (χ4v) is 2.76. The third-order valence-corrected chi connectivity index (χ3v) is 3.98. The van der Waals surface area contributed by atoms with Crippen molar-refractivity contribution >= 4 is 22.0 Å². The predicted octanol–water partition coefficient (Wildman–Crippen LogP) is 3.60. The highest BCUT2D eigenvalue weighted by Gasteiger charge is 2.32. The van der Waals surface area contributed by atoms with Crippen LogP contribution in [-0.2, 0) is 12.8 Å². The summed E-state index contributed by atoms with van der Waals surface area (Å²) in [5.41, 5.74) is 2.55. The van der Waals surface area contributed by atoms with E-state index in [0.717, 1.165) is 30.2 Å². The van der Waals surface area contributed by atoms with Crippen molar-refractivity contribution < 1.29 is 9.90 Å². The van der Waals surface area contributed by atoms with Crippen LogP contribution in [0.4, 0.5) is 4.79 Å². The summed E-state index contributed by atoms with van der Waals surface area (Å²) in [6.45, 7) is 2.13. The first-order valence-corrected chi connectivity index (χ1v) is 7.16. The van der Waals surface area contributed by atoms with Gasteiger partial charge in [-0.2, -0.15) is 0 Å². The normalized spacial score (nSPS) is 16.3. The van der Waals surface area contributed by atoms with Gasteiger partial charge in [0.1, 0.15) is 0 Å². The van der Waals surface area contributed by atoms with E-state index in [-0.39, 0.29) is 6.04 Å². The number of benzene rings is 1. The van der Waals surface area contributed by atoms with Gasteiger partial charge in [0.05, 0.1) is 0 Å². The fraction of sp³-hybridized carbons (Fsp3) is 0.500. The Bertz CT molecular complexity index is 443. The second-order valence-corrected chi connectivity index (χ2v) is 5.78. The van der Waals surface area contributed by atoms with Crippen LogP contribution in [0, 0.1) is 5.92 Å². The zero-order valence-corrected chi connectivity index (χ0v) is 12.0. The maximum Gasteiger partial charge on any atom is 0.404 e. The molecule has 1 atom stereocenters. The molecule has 2 rings (SSSR count). The summed E-state index contributed by atoms with van der Waals surface area (Å²) in [4.78, 5) is 10.8. The van der Waals surface area contributed by atoms with Gasteiger partial charge in [0.25, 0.3) is 0 Å². The quantitative estimate of drug-likeness (QED) is 0.873. The highest BCUT2D eigenvalue weighted by molar-refractivity contribution is 9.10. The van der Waals surface area contributed by atoms with Gasteiger partial charge in [0.2, 0.25) is 0 Å². The fourth-order valence-electron chi connectivity index (χ4n) is 2.35. The minimum Gasteiger partial charge on any atom is -0.465 e. The van der Waals surface area contributed by atoms with E-state index in [1.54, 1.807) is 0 Å². The van der Waals surface area contributed by atoms with Gasteiger partial charge in [-0.15, -0.1) is 0 Å². The van der Waals surface area contributed by atoms with Gasteiger partial charge >= 0.3 is 6.09 Å². The lowest BCUT2D eigenvalue weighted by atomic mass is 9.96. The smallest absolute Gasteiger partial charge is 0.404 e. The van der Waals surface area contributed by atoms with Crippen molar-refractivity contribution in [3.8, 4) is 0 Å². The monoisotopic (exact) mass is 311 g/mol. The van der Waals surface area contributed by atoms with Gasteiger partial charge in [-0.3, -0.25) is 0 Å². The largest absolute Gasteiger partial charge is 0.465 e. The lowest BCUT2D eigenvalue weighted by Gasteiger charge is -2.18. The second-order valence-electron chi connectivity index (χ2n) is 4.86. The van der Waals surface area contributed by atoms with Crippen molar-refractivity contribution in [1.82, 2.24) is 5.32 Å². The summed E-state index contributed by atoms with van der Waals surface area (Å²) in [6, 6.07) is 6.31. The van der Waals surface area contributed by atoms with Crippen LogP contribution in [0.1, 0.15) is 30.9 Å². The Morgan fingerprint density at radius 3 is 2.78 bits per heavy atom. The number of halogens is 1. The van der Waals surface area contributed by atoms with Crippen molar-refractivity contribution in [2.24, 2.45) is 5.92 Å². The number of hydrogen-bond donors (Lipinski definition) is 2. The zero-order valence-electron chi connectivity index (χ0n) is 10.4. The molecule has 0 bridgehead atoms. The zero-order chi connectivity index (χ0) is 13.1. The van der Waals surface area contributed by atoms with Gasteiger partial charge in [-0.25, -0.2) is 4.79 Å². The maximum atomic E-state index is 10.8. The van der Waals surface area contributed by atoms with Crippen molar-refractivity contribution in [3.63, 3.8) is 0 Å². The van der Waals surface area contributed by atoms with E-state index in [9.17, 15) is 4.79 Å². The van der Waals surface area contributed by atoms with Crippen molar-refractivity contribution in [3.05, 3.63) is 33.8 Å². The van der Waals surface area contributed by atoms with Gasteiger partial charge in [0, 0.05) is 10.5 Å². The molecule has 1 aliphatic rings. The summed E-state index contributed by atoms with van der Waals surface area (Å²) in [5.74, 6) is 0.523. The number of rotatable bonds is 5. The Morgan fingerprint density at radius 1 is 1.50 bits per heavy atom. The molecule has 2 N–H and O–H groups in total. The molecule has 0 radical (unpaired) electrons. The summed E-state index contributed by atoms with van der Waals surface area (Å²) < 4.78 is 1.08. The lowest BCUT2D eigenvalue weighted by molar-refractivity contribution is 0.188. The Balaban J connectivity index is 2.12. The van der Waals surface area contributed by atoms with Crippen LogP contribution >= 0.6 is 15.9 Å². The summed E-state index contributed by atoms with van der Waals surface area (Å²) in [5, 5.41) is 11.6. The molecule has 98 valence electrons. The Kier molecular flexibility index (Phi) is 4.27. The van der Waals surface area contributed by atoms with Crippen LogP contribution in [0.25, 0.3) is 0 Å². The van der Waals surface area contributed by atoms with Crippen LogP contribution in [0.3, 0.4) is 0 Å². The first kappa shape index (κ1) is 13.4. The molecular formula is C14H18BrNO2. The molecule has 1 unspecified atom stereocenters. The number of carbonyl (C=O) groups is 1. The van der Waals surface area contributed by atoms with Crippen molar-refractivity contribution in [1.29, 1.82) is 0 Å². The second kappa shape index (κ2) is 5.74. The van der Waals surface area contributed by atoms with E-state index in [2.05, 4.69) is 40.3 Å². The molecule has 0 spiro atoms. The van der Waals surface area contributed by atoms with Crippen LogP contribution < -0.4 is 5.32 Å². The molecule has 1 saturated carbocycles. The van der Waals surface area contributed by atoms with E-state index in [1.165, 1.54) is 11.1 Å². The van der Waals surface area contributed by atoms with E-state index in [0.29, 0.717) is 5.92 Å². The molecule has 1 aromatic carbocycles. The van der Waals surface area contributed by atoms with Crippen LogP contribution in [-0.4, -0.2) is 17.2 Å². The molecule has 3 nitrogen and oxygen atoms in total. The Hall–Kier alpha value is -1.03. The van der Waals surface area contributed by atoms with Gasteiger partial charge in [-0.1, -0.05) is 28.9 Å². The minimum absolute atomic E-state index is 0.0639. The van der Waals surface area contributed by atoms with Crippen LogP contribution in [0.15, 0.2) is 22.7 Å². The van der Waals surface area contributed by atoms with Crippen molar-refractivity contribution in [2.75, 3.05) is 0 Å². The van der Waals surface area contributed by atoms with Crippen molar-refractivity contribution in [2.45, 2.75) is 38.6 Å². The molecule has 4 heteroatoms. The SMILES string of the molecule is CCc1cc(Br)ccc1CC(NC(=O)O)C1CC1. The molecule has 0 aromatic heterocycles. The molecule has 0 aliphatic heterocycles. The number of aryl methyl sites for hydroxylation is 1. The summed E-state index contributed by atoms with van der Waals surface area (Å²) in [7, 11) is 0. The average molecular weight is 312 g/mol. The molecule has 1 aliphatic carbocycles. The topological polar surface area (TPSA) is 49.3 Å². The molecular weight excluding hydrogens is 294 g/mol. The average Bonchev–Trinajstić information content (AvgIpc) is 3.13. The molecule has 0 heterocycles. The van der Waals surface area contributed by atoms with E-state index >= 15 is 0 Å². The maximum absolute atomic E-state index is 10.8. The highest BCUT2D eigenvalue weighted by Crippen LogP contribution is 2.34. The van der Waals surface area contributed by atoms with Gasteiger partial charge in [-0.05, 0) is 54.9 Å². The number of carboxylic acid groups (broad SMARTS) is 1. The molecule has 1 amide bonds. The lowest BCUT2D eigenvalue weighted by Crippen LogP contribution is -2.37. The third kappa shape index (κ3) is 3.48. The minimum atomic E-state index is -0.915.